The molecular formula is C17H16N2O. The van der Waals surface area contributed by atoms with Crippen LogP contribution < -0.4 is 5.56 Å². The maximum Gasteiger partial charge on any atom is 0.266 e. The molecule has 1 N–H and O–H groups in total. The summed E-state index contributed by atoms with van der Waals surface area (Å²) >= 11 is 0. The predicted molar refractivity (Wildman–Crippen MR) is 78.4 cm³/mol. The van der Waals surface area contributed by atoms with Gasteiger partial charge in [0.25, 0.3) is 5.56 Å². The van der Waals surface area contributed by atoms with E-state index in [1.165, 1.54) is 0 Å². The van der Waals surface area contributed by atoms with Crippen LogP contribution in [0.3, 0.4) is 0 Å². The average molecular weight is 264 g/mol. The van der Waals surface area contributed by atoms with Crippen molar-refractivity contribution >= 4 is 0 Å². The van der Waals surface area contributed by atoms with Gasteiger partial charge < -0.3 is 4.98 Å². The van der Waals surface area contributed by atoms with Crippen molar-refractivity contribution in [2.24, 2.45) is 5.92 Å². The summed E-state index contributed by atoms with van der Waals surface area (Å²) in [6.07, 6.45) is 2.85. The Balaban J connectivity index is 2.28. The Morgan fingerprint density at radius 1 is 1.25 bits per heavy atom. The van der Waals surface area contributed by atoms with E-state index in [0.29, 0.717) is 11.5 Å². The van der Waals surface area contributed by atoms with Crippen LogP contribution in [-0.2, 0) is 12.8 Å². The highest BCUT2D eigenvalue weighted by Crippen LogP contribution is 2.32. The predicted octanol–water partition coefficient (Wildman–Crippen LogP) is 3.04. The molecule has 100 valence electrons. The van der Waals surface area contributed by atoms with Crippen LogP contribution in [-0.4, -0.2) is 4.98 Å². The zero-order valence-corrected chi connectivity index (χ0v) is 11.4. The summed E-state index contributed by atoms with van der Waals surface area (Å²) in [5, 5.41) is 9.25. The number of pyridine rings is 1. The molecule has 1 aliphatic carbocycles. The van der Waals surface area contributed by atoms with Crippen LogP contribution in [0.5, 0.6) is 0 Å². The van der Waals surface area contributed by atoms with E-state index in [0.717, 1.165) is 41.6 Å². The van der Waals surface area contributed by atoms with Crippen molar-refractivity contribution in [3.8, 4) is 17.3 Å². The Labute approximate surface area is 117 Å². The molecule has 2 aromatic rings. The van der Waals surface area contributed by atoms with Gasteiger partial charge in [0.2, 0.25) is 0 Å². The van der Waals surface area contributed by atoms with Crippen LogP contribution in [0.15, 0.2) is 35.1 Å². The van der Waals surface area contributed by atoms with E-state index in [4.69, 9.17) is 0 Å². The zero-order valence-electron chi connectivity index (χ0n) is 11.4. The molecule has 0 saturated heterocycles. The van der Waals surface area contributed by atoms with Gasteiger partial charge in [-0.1, -0.05) is 37.3 Å². The van der Waals surface area contributed by atoms with E-state index >= 15 is 0 Å². The van der Waals surface area contributed by atoms with E-state index in [2.05, 4.69) is 18.0 Å². The highest BCUT2D eigenvalue weighted by Gasteiger charge is 2.24. The quantitative estimate of drug-likeness (QED) is 0.860. The van der Waals surface area contributed by atoms with Gasteiger partial charge in [-0.3, -0.25) is 4.79 Å². The molecular weight excluding hydrogens is 248 g/mol. The summed E-state index contributed by atoms with van der Waals surface area (Å²) in [6, 6.07) is 12.0. The number of benzene rings is 1. The summed E-state index contributed by atoms with van der Waals surface area (Å²) in [6.45, 7) is 2.17. The normalized spacial score (nSPS) is 17.3. The zero-order chi connectivity index (χ0) is 14.1. The number of hydrogen-bond acceptors (Lipinski definition) is 2. The first-order valence-electron chi connectivity index (χ1n) is 6.94. The van der Waals surface area contributed by atoms with Gasteiger partial charge in [0.1, 0.15) is 11.6 Å². The summed E-state index contributed by atoms with van der Waals surface area (Å²) in [5.41, 5.74) is 4.03. The van der Waals surface area contributed by atoms with E-state index in [-0.39, 0.29) is 5.56 Å². The van der Waals surface area contributed by atoms with Crippen molar-refractivity contribution in [3.05, 3.63) is 57.4 Å². The van der Waals surface area contributed by atoms with E-state index < -0.39 is 0 Å². The molecule has 0 fully saturated rings. The smallest absolute Gasteiger partial charge is 0.266 e. The van der Waals surface area contributed by atoms with Crippen molar-refractivity contribution in [1.82, 2.24) is 4.98 Å². The number of aromatic nitrogens is 1. The SMILES string of the molecule is CC1CCc2c(-c3ccccc3)[nH]c(=O)c(C#N)c2C1. The minimum Gasteiger partial charge on any atom is -0.321 e. The van der Waals surface area contributed by atoms with Gasteiger partial charge in [0.05, 0.1) is 5.69 Å². The number of nitrogens with zero attached hydrogens (tertiary/aromatic N) is 1. The number of nitrogens with one attached hydrogen (secondary N) is 1. The molecule has 1 unspecified atom stereocenters. The summed E-state index contributed by atoms with van der Waals surface area (Å²) in [7, 11) is 0. The van der Waals surface area contributed by atoms with Crippen molar-refractivity contribution in [3.63, 3.8) is 0 Å². The Kier molecular flexibility index (Phi) is 3.15. The lowest BCUT2D eigenvalue weighted by Crippen LogP contribution is -2.22. The van der Waals surface area contributed by atoms with Crippen molar-refractivity contribution in [1.29, 1.82) is 5.26 Å². The molecule has 0 amide bonds. The molecule has 0 radical (unpaired) electrons. The number of nitriles is 1. The second kappa shape index (κ2) is 4.97. The maximum atomic E-state index is 12.1. The van der Waals surface area contributed by atoms with Crippen LogP contribution >= 0.6 is 0 Å². The molecule has 1 atom stereocenters. The Morgan fingerprint density at radius 3 is 2.70 bits per heavy atom. The summed E-state index contributed by atoms with van der Waals surface area (Å²) in [5.74, 6) is 0.528. The van der Waals surface area contributed by atoms with E-state index in [1.807, 2.05) is 30.3 Å². The molecule has 0 spiro atoms. The molecule has 1 aromatic carbocycles. The lowest BCUT2D eigenvalue weighted by atomic mass is 9.81. The standard InChI is InChI=1S/C17H16N2O/c1-11-7-8-13-14(9-11)15(10-18)17(20)19-16(13)12-5-3-2-4-6-12/h2-6,11H,7-9H2,1H3,(H,19,20). The molecule has 3 nitrogen and oxygen atoms in total. The fourth-order valence-corrected chi connectivity index (χ4v) is 3.00. The second-order valence-corrected chi connectivity index (χ2v) is 5.49. The fraction of sp³-hybridized carbons (Fsp3) is 0.294. The van der Waals surface area contributed by atoms with Crippen LogP contribution in [0.4, 0.5) is 0 Å². The highest BCUT2D eigenvalue weighted by molar-refractivity contribution is 5.66. The molecule has 3 rings (SSSR count). The number of rotatable bonds is 1. The molecule has 1 aliphatic rings. The van der Waals surface area contributed by atoms with Gasteiger partial charge in [0, 0.05) is 0 Å². The third kappa shape index (κ3) is 2.04. The van der Waals surface area contributed by atoms with Crippen LogP contribution in [0, 0.1) is 17.2 Å². The first-order valence-corrected chi connectivity index (χ1v) is 6.94. The van der Waals surface area contributed by atoms with Crippen LogP contribution in [0.2, 0.25) is 0 Å². The summed E-state index contributed by atoms with van der Waals surface area (Å²) < 4.78 is 0. The Hall–Kier alpha value is -2.34. The minimum absolute atomic E-state index is 0.265. The number of H-pyrrole nitrogens is 1. The van der Waals surface area contributed by atoms with Gasteiger partial charge in [-0.05, 0) is 41.9 Å². The number of fused-ring (bicyclic) bond motifs is 1. The topological polar surface area (TPSA) is 56.6 Å². The Bertz CT molecular complexity index is 738. The molecule has 3 heteroatoms. The molecule has 0 saturated carbocycles. The third-order valence-electron chi connectivity index (χ3n) is 4.05. The van der Waals surface area contributed by atoms with Gasteiger partial charge in [-0.15, -0.1) is 0 Å². The molecule has 20 heavy (non-hydrogen) atoms. The molecule has 0 bridgehead atoms. The average Bonchev–Trinajstić information content (AvgIpc) is 2.47. The van der Waals surface area contributed by atoms with Gasteiger partial charge in [-0.2, -0.15) is 5.26 Å². The molecule has 1 aromatic heterocycles. The first kappa shape index (κ1) is 12.7. The van der Waals surface area contributed by atoms with Gasteiger partial charge in [0.15, 0.2) is 0 Å². The fourth-order valence-electron chi connectivity index (χ4n) is 3.00. The van der Waals surface area contributed by atoms with Crippen LogP contribution in [0.1, 0.15) is 30.0 Å². The van der Waals surface area contributed by atoms with Crippen molar-refractivity contribution in [2.75, 3.05) is 0 Å². The number of aromatic amines is 1. The summed E-state index contributed by atoms with van der Waals surface area (Å²) in [4.78, 5) is 15.1. The maximum absolute atomic E-state index is 12.1. The first-order chi connectivity index (χ1) is 9.70. The number of hydrogen-bond donors (Lipinski definition) is 1. The molecule has 0 aliphatic heterocycles. The monoisotopic (exact) mass is 264 g/mol. The lowest BCUT2D eigenvalue weighted by molar-refractivity contribution is 0.499. The third-order valence-corrected chi connectivity index (χ3v) is 4.05. The van der Waals surface area contributed by atoms with E-state index in [1.54, 1.807) is 0 Å². The van der Waals surface area contributed by atoms with Crippen molar-refractivity contribution < 1.29 is 0 Å². The second-order valence-electron chi connectivity index (χ2n) is 5.49. The van der Waals surface area contributed by atoms with Gasteiger partial charge >= 0.3 is 0 Å². The van der Waals surface area contributed by atoms with E-state index in [9.17, 15) is 10.1 Å². The highest BCUT2D eigenvalue weighted by atomic mass is 16.1. The van der Waals surface area contributed by atoms with Crippen molar-refractivity contribution in [2.45, 2.75) is 26.2 Å². The molecule has 1 heterocycles. The Morgan fingerprint density at radius 2 is 2.00 bits per heavy atom. The van der Waals surface area contributed by atoms with Crippen LogP contribution in [0.25, 0.3) is 11.3 Å². The lowest BCUT2D eigenvalue weighted by Gasteiger charge is -2.24. The largest absolute Gasteiger partial charge is 0.321 e. The van der Waals surface area contributed by atoms with Gasteiger partial charge in [-0.25, -0.2) is 0 Å². The minimum atomic E-state index is -0.265.